The van der Waals surface area contributed by atoms with Gasteiger partial charge in [0.15, 0.2) is 0 Å². The Kier molecular flexibility index (Phi) is 6.34. The summed E-state index contributed by atoms with van der Waals surface area (Å²) in [5, 5.41) is 3.83. The molecule has 0 amide bonds. The third-order valence-corrected chi connectivity index (χ3v) is 5.52. The summed E-state index contributed by atoms with van der Waals surface area (Å²) >= 11 is 1.80. The average Bonchev–Trinajstić information content (AvgIpc) is 2.72. The fourth-order valence-corrected chi connectivity index (χ4v) is 3.90. The molecule has 0 saturated heterocycles. The lowest BCUT2D eigenvalue weighted by Crippen LogP contribution is -2.08. The van der Waals surface area contributed by atoms with Crippen molar-refractivity contribution in [3.8, 4) is 0 Å². The highest BCUT2D eigenvalue weighted by atomic mass is 32.2. The molecule has 0 aromatic heterocycles. The van der Waals surface area contributed by atoms with Crippen molar-refractivity contribution < 1.29 is 0 Å². The molecule has 3 rings (SSSR count). The molecule has 3 aromatic rings. The van der Waals surface area contributed by atoms with E-state index in [2.05, 4.69) is 91.3 Å². The van der Waals surface area contributed by atoms with Crippen molar-refractivity contribution in [3.05, 3.63) is 121 Å². The Hall–Kier alpha value is -2.71. The minimum absolute atomic E-state index is 0.0665. The molecule has 3 aromatic carbocycles. The zero-order valence-corrected chi connectivity index (χ0v) is 15.5. The van der Waals surface area contributed by atoms with Gasteiger partial charge in [-0.25, -0.2) is 0 Å². The lowest BCUT2D eigenvalue weighted by molar-refractivity contribution is 0.979. The first-order valence-electron chi connectivity index (χ1n) is 8.69. The second-order valence-electron chi connectivity index (χ2n) is 5.95. The van der Waals surface area contributed by atoms with Crippen LogP contribution < -0.4 is 5.32 Å². The summed E-state index contributed by atoms with van der Waals surface area (Å²) in [6, 6.07) is 29.3. The van der Waals surface area contributed by atoms with Gasteiger partial charge in [0.1, 0.15) is 0 Å². The van der Waals surface area contributed by atoms with E-state index in [1.165, 1.54) is 16.0 Å². The Morgan fingerprint density at radius 3 is 1.88 bits per heavy atom. The summed E-state index contributed by atoms with van der Waals surface area (Å²) in [7, 11) is 0. The van der Waals surface area contributed by atoms with Crippen molar-refractivity contribution in [1.29, 1.82) is 0 Å². The molecule has 0 fully saturated rings. The minimum atomic E-state index is 0.0665. The van der Waals surface area contributed by atoms with Crippen molar-refractivity contribution in [2.75, 3.05) is 5.32 Å². The summed E-state index contributed by atoms with van der Waals surface area (Å²) in [4.78, 5) is 1.20. The Bertz CT molecular complexity index is 770. The predicted molar refractivity (Wildman–Crippen MR) is 115 cm³/mol. The maximum absolute atomic E-state index is 4.03. The molecule has 2 heteroatoms. The molecular formula is C24H23NS. The largest absolute Gasteiger partial charge is 0.374 e. The molecular weight excluding hydrogens is 334 g/mol. The molecule has 0 saturated carbocycles. The molecule has 26 heavy (non-hydrogen) atoms. The second-order valence-corrected chi connectivity index (χ2v) is 7.13. The third-order valence-electron chi connectivity index (χ3n) is 4.19. The maximum Gasteiger partial charge on any atom is 0.0695 e. The molecule has 0 bridgehead atoms. The topological polar surface area (TPSA) is 12.0 Å². The van der Waals surface area contributed by atoms with Crippen LogP contribution in [0, 0.1) is 0 Å². The number of hydrogen-bond donors (Lipinski definition) is 1. The van der Waals surface area contributed by atoms with Crippen molar-refractivity contribution in [1.82, 2.24) is 0 Å². The second kappa shape index (κ2) is 9.12. The first kappa shape index (κ1) is 18.1. The number of thioether (sulfide) groups is 1. The van der Waals surface area contributed by atoms with Crippen LogP contribution in [0.3, 0.4) is 0 Å². The van der Waals surface area contributed by atoms with E-state index in [1.807, 2.05) is 24.3 Å². The third kappa shape index (κ3) is 4.47. The van der Waals surface area contributed by atoms with E-state index in [-0.39, 0.29) is 11.3 Å². The molecule has 0 radical (unpaired) electrons. The van der Waals surface area contributed by atoms with E-state index in [0.717, 1.165) is 5.69 Å². The minimum Gasteiger partial charge on any atom is -0.374 e. The molecule has 1 nitrogen and oxygen atoms in total. The van der Waals surface area contributed by atoms with E-state index in [9.17, 15) is 0 Å². The first-order valence-corrected chi connectivity index (χ1v) is 9.57. The summed E-state index contributed by atoms with van der Waals surface area (Å²) in [6.45, 7) is 8.03. The Morgan fingerprint density at radius 1 is 0.692 bits per heavy atom. The average molecular weight is 358 g/mol. The number of anilines is 1. The molecule has 0 spiro atoms. The summed E-state index contributed by atoms with van der Waals surface area (Å²) < 4.78 is 0. The van der Waals surface area contributed by atoms with Crippen LogP contribution in [0.1, 0.15) is 22.4 Å². The quantitative estimate of drug-likeness (QED) is 0.342. The fourth-order valence-electron chi connectivity index (χ4n) is 2.83. The van der Waals surface area contributed by atoms with Gasteiger partial charge in [-0.1, -0.05) is 84.9 Å². The van der Waals surface area contributed by atoms with Crippen LogP contribution in [-0.2, 0) is 0 Å². The zero-order valence-electron chi connectivity index (χ0n) is 14.7. The monoisotopic (exact) mass is 357 g/mol. The SMILES string of the molecule is C=CC(Nc1ccccc1S[C@H](C=C)c1ccccc1)c1ccccc1. The van der Waals surface area contributed by atoms with Crippen LogP contribution in [0.4, 0.5) is 5.69 Å². The van der Waals surface area contributed by atoms with Crippen molar-refractivity contribution >= 4 is 17.4 Å². The maximum atomic E-state index is 4.03. The first-order chi connectivity index (χ1) is 12.8. The van der Waals surface area contributed by atoms with Crippen LogP contribution in [0.2, 0.25) is 0 Å². The van der Waals surface area contributed by atoms with Gasteiger partial charge in [0, 0.05) is 10.6 Å². The van der Waals surface area contributed by atoms with Gasteiger partial charge < -0.3 is 5.32 Å². The van der Waals surface area contributed by atoms with E-state index in [0.29, 0.717) is 0 Å². The molecule has 0 aliphatic carbocycles. The van der Waals surface area contributed by atoms with Gasteiger partial charge >= 0.3 is 0 Å². The molecule has 1 unspecified atom stereocenters. The summed E-state index contributed by atoms with van der Waals surface area (Å²) in [6.07, 6.45) is 3.94. The molecule has 130 valence electrons. The van der Waals surface area contributed by atoms with Gasteiger partial charge in [-0.05, 0) is 23.3 Å². The van der Waals surface area contributed by atoms with E-state index < -0.39 is 0 Å². The van der Waals surface area contributed by atoms with Crippen molar-refractivity contribution in [2.45, 2.75) is 16.2 Å². The lowest BCUT2D eigenvalue weighted by Gasteiger charge is -2.21. The van der Waals surface area contributed by atoms with Gasteiger partial charge in [0.25, 0.3) is 0 Å². The summed E-state index contributed by atoms with van der Waals surface area (Å²) in [5.41, 5.74) is 3.56. The number of para-hydroxylation sites is 1. The molecule has 0 heterocycles. The highest BCUT2D eigenvalue weighted by Gasteiger charge is 2.14. The van der Waals surface area contributed by atoms with Gasteiger partial charge in [0.2, 0.25) is 0 Å². The number of benzene rings is 3. The Balaban J connectivity index is 1.84. The van der Waals surface area contributed by atoms with Crippen LogP contribution in [0.25, 0.3) is 0 Å². The standard InChI is InChI=1S/C24H23NS/c1-3-21(19-13-7-5-8-14-19)25-22-17-11-12-18-24(22)26-23(4-2)20-15-9-6-10-16-20/h3-18,21,23,25H,1-2H2/t21?,23-/m1/s1. The Morgan fingerprint density at radius 2 is 1.27 bits per heavy atom. The molecule has 1 N–H and O–H groups in total. The van der Waals surface area contributed by atoms with Crippen LogP contribution in [-0.4, -0.2) is 0 Å². The highest BCUT2D eigenvalue weighted by molar-refractivity contribution is 7.99. The summed E-state index contributed by atoms with van der Waals surface area (Å²) in [5.74, 6) is 0. The van der Waals surface area contributed by atoms with Crippen molar-refractivity contribution in [2.24, 2.45) is 0 Å². The molecule has 0 aliphatic heterocycles. The van der Waals surface area contributed by atoms with Crippen LogP contribution >= 0.6 is 11.8 Å². The van der Waals surface area contributed by atoms with Gasteiger partial charge in [-0.15, -0.1) is 24.9 Å². The normalized spacial score (nSPS) is 12.8. The number of nitrogens with one attached hydrogen (secondary N) is 1. The van der Waals surface area contributed by atoms with Gasteiger partial charge in [-0.3, -0.25) is 0 Å². The predicted octanol–water partition coefficient (Wildman–Crippen LogP) is 7.05. The zero-order chi connectivity index (χ0) is 18.2. The van der Waals surface area contributed by atoms with Crippen LogP contribution in [0.15, 0.2) is 115 Å². The van der Waals surface area contributed by atoms with Gasteiger partial charge in [0.05, 0.1) is 11.3 Å². The number of hydrogen-bond acceptors (Lipinski definition) is 2. The van der Waals surface area contributed by atoms with E-state index >= 15 is 0 Å². The van der Waals surface area contributed by atoms with E-state index in [4.69, 9.17) is 0 Å². The molecule has 2 atom stereocenters. The van der Waals surface area contributed by atoms with Gasteiger partial charge in [-0.2, -0.15) is 0 Å². The smallest absolute Gasteiger partial charge is 0.0695 e. The number of rotatable bonds is 8. The lowest BCUT2D eigenvalue weighted by atomic mass is 10.1. The van der Waals surface area contributed by atoms with Crippen molar-refractivity contribution in [3.63, 3.8) is 0 Å². The Labute approximate surface area is 160 Å². The molecule has 0 aliphatic rings. The van der Waals surface area contributed by atoms with Crippen LogP contribution in [0.5, 0.6) is 0 Å². The fraction of sp³-hybridized carbons (Fsp3) is 0.0833. The van der Waals surface area contributed by atoms with E-state index in [1.54, 1.807) is 11.8 Å². The highest BCUT2D eigenvalue weighted by Crippen LogP contribution is 2.40.